The van der Waals surface area contributed by atoms with E-state index in [1.54, 1.807) is 17.8 Å². The Labute approximate surface area is 69.8 Å². The molecule has 0 aliphatic carbocycles. The van der Waals surface area contributed by atoms with E-state index in [2.05, 4.69) is 10.1 Å². The Balaban J connectivity index is 2.66. The van der Waals surface area contributed by atoms with Crippen LogP contribution in [0.5, 0.6) is 5.75 Å². The number of rotatable bonds is 1. The van der Waals surface area contributed by atoms with Gasteiger partial charge < -0.3 is 4.74 Å². The second-order valence-corrected chi connectivity index (χ2v) is 2.58. The molecule has 0 radical (unpaired) electrons. The minimum atomic E-state index is 0.730. The zero-order valence-electron chi connectivity index (χ0n) is 6.98. The number of imidazole rings is 1. The Morgan fingerprint density at radius 1 is 1.50 bits per heavy atom. The first kappa shape index (κ1) is 7.09. The minimum absolute atomic E-state index is 0.730. The first-order valence-electron chi connectivity index (χ1n) is 3.65. The predicted molar refractivity (Wildman–Crippen MR) is 44.3 cm³/mol. The maximum Gasteiger partial charge on any atom is 0.157 e. The smallest absolute Gasteiger partial charge is 0.157 e. The maximum atomic E-state index is 5.02. The second kappa shape index (κ2) is 2.48. The maximum absolute atomic E-state index is 5.02. The molecular formula is C8H9N3O. The SMILES string of the molecule is COc1cnn2cc(C)nc2c1. The highest BCUT2D eigenvalue weighted by atomic mass is 16.5. The molecule has 0 aromatic carbocycles. The summed E-state index contributed by atoms with van der Waals surface area (Å²) in [4.78, 5) is 4.24. The average Bonchev–Trinajstić information content (AvgIpc) is 2.43. The number of hydrogen-bond acceptors (Lipinski definition) is 3. The molecule has 2 aromatic heterocycles. The van der Waals surface area contributed by atoms with Gasteiger partial charge in [-0.2, -0.15) is 5.10 Å². The van der Waals surface area contributed by atoms with Crippen molar-refractivity contribution >= 4 is 5.65 Å². The first-order chi connectivity index (χ1) is 5.79. The van der Waals surface area contributed by atoms with Crippen molar-refractivity contribution in [1.82, 2.24) is 14.6 Å². The number of hydrogen-bond donors (Lipinski definition) is 0. The Kier molecular flexibility index (Phi) is 1.46. The molecule has 0 fully saturated rings. The van der Waals surface area contributed by atoms with Crippen LogP contribution < -0.4 is 4.74 Å². The lowest BCUT2D eigenvalue weighted by atomic mass is 10.5. The van der Waals surface area contributed by atoms with Gasteiger partial charge in [-0.1, -0.05) is 0 Å². The minimum Gasteiger partial charge on any atom is -0.495 e. The van der Waals surface area contributed by atoms with Crippen molar-refractivity contribution < 1.29 is 4.74 Å². The predicted octanol–water partition coefficient (Wildman–Crippen LogP) is 1.05. The normalized spacial score (nSPS) is 10.5. The summed E-state index contributed by atoms with van der Waals surface area (Å²) in [5.74, 6) is 0.730. The fraction of sp³-hybridized carbons (Fsp3) is 0.250. The van der Waals surface area contributed by atoms with Gasteiger partial charge in [0.15, 0.2) is 5.65 Å². The van der Waals surface area contributed by atoms with Crippen molar-refractivity contribution in [3.63, 3.8) is 0 Å². The van der Waals surface area contributed by atoms with Crippen molar-refractivity contribution in [3.05, 3.63) is 24.2 Å². The van der Waals surface area contributed by atoms with Crippen LogP contribution in [-0.4, -0.2) is 21.7 Å². The summed E-state index contributed by atoms with van der Waals surface area (Å²) in [5, 5.41) is 4.10. The molecule has 62 valence electrons. The zero-order valence-corrected chi connectivity index (χ0v) is 6.98. The summed E-state index contributed by atoms with van der Waals surface area (Å²) in [7, 11) is 1.61. The Morgan fingerprint density at radius 3 is 3.08 bits per heavy atom. The van der Waals surface area contributed by atoms with Gasteiger partial charge in [-0.3, -0.25) is 0 Å². The van der Waals surface area contributed by atoms with E-state index in [1.807, 2.05) is 19.2 Å². The van der Waals surface area contributed by atoms with Crippen molar-refractivity contribution in [1.29, 1.82) is 0 Å². The third-order valence-electron chi connectivity index (χ3n) is 1.65. The molecule has 0 atom stereocenters. The molecule has 0 N–H and O–H groups in total. The van der Waals surface area contributed by atoms with Gasteiger partial charge >= 0.3 is 0 Å². The topological polar surface area (TPSA) is 39.4 Å². The summed E-state index contributed by atoms with van der Waals surface area (Å²) >= 11 is 0. The van der Waals surface area contributed by atoms with Gasteiger partial charge in [0.2, 0.25) is 0 Å². The highest BCUT2D eigenvalue weighted by Crippen LogP contribution is 2.10. The number of aryl methyl sites for hydroxylation is 1. The first-order valence-corrected chi connectivity index (χ1v) is 3.65. The van der Waals surface area contributed by atoms with E-state index in [9.17, 15) is 0 Å². The lowest BCUT2D eigenvalue weighted by Crippen LogP contribution is -1.91. The Bertz CT molecular complexity index is 408. The van der Waals surface area contributed by atoms with Gasteiger partial charge in [0.25, 0.3) is 0 Å². The van der Waals surface area contributed by atoms with Crippen LogP contribution in [0.2, 0.25) is 0 Å². The van der Waals surface area contributed by atoms with Crippen LogP contribution in [0.15, 0.2) is 18.5 Å². The molecule has 0 aliphatic heterocycles. The molecule has 2 heterocycles. The van der Waals surface area contributed by atoms with Gasteiger partial charge in [-0.25, -0.2) is 9.50 Å². The molecule has 2 aromatic rings. The standard InChI is InChI=1S/C8H9N3O/c1-6-5-11-8(10-6)3-7(12-2)4-9-11/h3-5H,1-2H3. The highest BCUT2D eigenvalue weighted by Gasteiger charge is 1.99. The number of fused-ring (bicyclic) bond motifs is 1. The highest BCUT2D eigenvalue weighted by molar-refractivity contribution is 5.42. The molecule has 2 rings (SSSR count). The number of nitrogens with zero attached hydrogens (tertiary/aromatic N) is 3. The molecule has 0 bridgehead atoms. The fourth-order valence-electron chi connectivity index (χ4n) is 1.09. The molecule has 0 saturated carbocycles. The van der Waals surface area contributed by atoms with E-state index in [1.165, 1.54) is 0 Å². The van der Waals surface area contributed by atoms with Crippen LogP contribution in [0.3, 0.4) is 0 Å². The molecule has 4 heteroatoms. The molecule has 12 heavy (non-hydrogen) atoms. The second-order valence-electron chi connectivity index (χ2n) is 2.58. The van der Waals surface area contributed by atoms with Crippen molar-refractivity contribution in [3.8, 4) is 5.75 Å². The third kappa shape index (κ3) is 1.01. The Morgan fingerprint density at radius 2 is 2.33 bits per heavy atom. The Hall–Kier alpha value is -1.58. The number of methoxy groups -OCH3 is 1. The van der Waals surface area contributed by atoms with E-state index in [0.717, 1.165) is 17.1 Å². The van der Waals surface area contributed by atoms with E-state index < -0.39 is 0 Å². The summed E-state index contributed by atoms with van der Waals surface area (Å²) in [6.07, 6.45) is 3.53. The molecule has 0 spiro atoms. The van der Waals surface area contributed by atoms with E-state index in [-0.39, 0.29) is 0 Å². The summed E-state index contributed by atoms with van der Waals surface area (Å²) in [6.45, 7) is 1.93. The lowest BCUT2D eigenvalue weighted by molar-refractivity contribution is 0.411. The number of aromatic nitrogens is 3. The zero-order chi connectivity index (χ0) is 8.55. The van der Waals surface area contributed by atoms with Crippen molar-refractivity contribution in [2.24, 2.45) is 0 Å². The molecular weight excluding hydrogens is 154 g/mol. The molecule has 0 saturated heterocycles. The van der Waals surface area contributed by atoms with Crippen LogP contribution in [0, 0.1) is 6.92 Å². The van der Waals surface area contributed by atoms with Crippen LogP contribution in [0.1, 0.15) is 5.69 Å². The van der Waals surface area contributed by atoms with E-state index >= 15 is 0 Å². The average molecular weight is 163 g/mol. The summed E-state index contributed by atoms with van der Waals surface area (Å²) in [5.41, 5.74) is 1.77. The lowest BCUT2D eigenvalue weighted by Gasteiger charge is -1.97. The largest absolute Gasteiger partial charge is 0.495 e. The van der Waals surface area contributed by atoms with Crippen LogP contribution in [0.4, 0.5) is 0 Å². The van der Waals surface area contributed by atoms with Crippen molar-refractivity contribution in [2.45, 2.75) is 6.92 Å². The molecule has 0 unspecified atom stereocenters. The van der Waals surface area contributed by atoms with Crippen LogP contribution in [-0.2, 0) is 0 Å². The van der Waals surface area contributed by atoms with Crippen molar-refractivity contribution in [2.75, 3.05) is 7.11 Å². The summed E-state index contributed by atoms with van der Waals surface area (Å²) < 4.78 is 6.74. The van der Waals surface area contributed by atoms with Gasteiger partial charge in [-0.15, -0.1) is 0 Å². The van der Waals surface area contributed by atoms with E-state index in [4.69, 9.17) is 4.74 Å². The quantitative estimate of drug-likeness (QED) is 0.630. The fourth-order valence-corrected chi connectivity index (χ4v) is 1.09. The van der Waals surface area contributed by atoms with Gasteiger partial charge in [0.1, 0.15) is 5.75 Å². The van der Waals surface area contributed by atoms with E-state index in [0.29, 0.717) is 0 Å². The third-order valence-corrected chi connectivity index (χ3v) is 1.65. The molecule has 0 amide bonds. The monoisotopic (exact) mass is 163 g/mol. The van der Waals surface area contributed by atoms with Crippen LogP contribution >= 0.6 is 0 Å². The molecule has 4 nitrogen and oxygen atoms in total. The van der Waals surface area contributed by atoms with Gasteiger partial charge in [0, 0.05) is 6.07 Å². The number of ether oxygens (including phenoxy) is 1. The van der Waals surface area contributed by atoms with Gasteiger partial charge in [0.05, 0.1) is 25.2 Å². The van der Waals surface area contributed by atoms with Crippen LogP contribution in [0.25, 0.3) is 5.65 Å². The molecule has 0 aliphatic rings. The van der Waals surface area contributed by atoms with Gasteiger partial charge in [-0.05, 0) is 6.92 Å². The summed E-state index contributed by atoms with van der Waals surface area (Å²) in [6, 6.07) is 1.85.